The van der Waals surface area contributed by atoms with Crippen LogP contribution < -0.4 is 14.8 Å². The predicted octanol–water partition coefficient (Wildman–Crippen LogP) is 3.65. The molecule has 1 amide bonds. The number of thiazole rings is 1. The Morgan fingerprint density at radius 2 is 1.90 bits per heavy atom. The van der Waals surface area contributed by atoms with E-state index >= 15 is 0 Å². The Balaban J connectivity index is 1.20. The molecular formula is C23H23N3O3S. The number of aromatic nitrogens is 1. The first-order valence-corrected chi connectivity index (χ1v) is 11.0. The SMILES string of the molecule is O=C(Cc1ccc2c(c1)OCCO2)Nc1nc2c(s1)CN(Cc1ccccc1)CC2. The van der Waals surface area contributed by atoms with Crippen molar-refractivity contribution in [3.05, 3.63) is 70.2 Å². The van der Waals surface area contributed by atoms with Gasteiger partial charge in [0.1, 0.15) is 13.2 Å². The van der Waals surface area contributed by atoms with Gasteiger partial charge in [0.25, 0.3) is 0 Å². The largest absolute Gasteiger partial charge is 0.486 e. The fourth-order valence-corrected chi connectivity index (χ4v) is 4.89. The molecule has 0 spiro atoms. The molecule has 30 heavy (non-hydrogen) atoms. The minimum Gasteiger partial charge on any atom is -0.486 e. The molecule has 0 unspecified atom stereocenters. The molecule has 0 saturated carbocycles. The van der Waals surface area contributed by atoms with E-state index in [-0.39, 0.29) is 12.3 Å². The molecule has 3 aromatic rings. The van der Waals surface area contributed by atoms with Gasteiger partial charge in [-0.2, -0.15) is 0 Å². The second-order valence-corrected chi connectivity index (χ2v) is 8.62. The molecule has 0 radical (unpaired) electrons. The summed E-state index contributed by atoms with van der Waals surface area (Å²) in [4.78, 5) is 20.9. The first kappa shape index (κ1) is 19.1. The summed E-state index contributed by atoms with van der Waals surface area (Å²) in [6.07, 6.45) is 1.19. The van der Waals surface area contributed by atoms with E-state index in [1.807, 2.05) is 24.3 Å². The van der Waals surface area contributed by atoms with Gasteiger partial charge in [0.2, 0.25) is 5.91 Å². The van der Waals surface area contributed by atoms with Crippen molar-refractivity contribution in [2.75, 3.05) is 25.1 Å². The monoisotopic (exact) mass is 421 g/mol. The maximum absolute atomic E-state index is 12.5. The van der Waals surface area contributed by atoms with E-state index in [0.717, 1.165) is 43.1 Å². The van der Waals surface area contributed by atoms with E-state index in [0.29, 0.717) is 24.1 Å². The lowest BCUT2D eigenvalue weighted by molar-refractivity contribution is -0.115. The van der Waals surface area contributed by atoms with Crippen LogP contribution >= 0.6 is 11.3 Å². The molecule has 0 atom stereocenters. The van der Waals surface area contributed by atoms with E-state index < -0.39 is 0 Å². The molecule has 1 N–H and O–H groups in total. The van der Waals surface area contributed by atoms with E-state index in [9.17, 15) is 4.79 Å². The molecule has 154 valence electrons. The minimum absolute atomic E-state index is 0.0704. The zero-order chi connectivity index (χ0) is 20.3. The number of hydrogen-bond acceptors (Lipinski definition) is 6. The van der Waals surface area contributed by atoms with Gasteiger partial charge in [-0.25, -0.2) is 4.98 Å². The van der Waals surface area contributed by atoms with Gasteiger partial charge in [-0.1, -0.05) is 36.4 Å². The molecule has 6 nitrogen and oxygen atoms in total. The van der Waals surface area contributed by atoms with Crippen LogP contribution in [-0.2, 0) is 30.7 Å². The highest BCUT2D eigenvalue weighted by Gasteiger charge is 2.22. The third kappa shape index (κ3) is 4.32. The van der Waals surface area contributed by atoms with Crippen LogP contribution in [0.15, 0.2) is 48.5 Å². The van der Waals surface area contributed by atoms with Crippen LogP contribution in [0.2, 0.25) is 0 Å². The Labute approximate surface area is 179 Å². The van der Waals surface area contributed by atoms with Gasteiger partial charge in [-0.05, 0) is 23.3 Å². The maximum Gasteiger partial charge on any atom is 0.230 e. The van der Waals surface area contributed by atoms with Crippen LogP contribution in [0, 0.1) is 0 Å². The van der Waals surface area contributed by atoms with Gasteiger partial charge < -0.3 is 14.8 Å². The van der Waals surface area contributed by atoms with Crippen molar-refractivity contribution in [2.45, 2.75) is 25.9 Å². The van der Waals surface area contributed by atoms with Gasteiger partial charge in [0.05, 0.1) is 12.1 Å². The highest BCUT2D eigenvalue weighted by Crippen LogP contribution is 2.32. The molecule has 2 aromatic carbocycles. The fraction of sp³-hybridized carbons (Fsp3) is 0.304. The number of rotatable bonds is 5. The zero-order valence-electron chi connectivity index (χ0n) is 16.6. The molecule has 7 heteroatoms. The lowest BCUT2D eigenvalue weighted by Crippen LogP contribution is -2.29. The third-order valence-electron chi connectivity index (χ3n) is 5.28. The molecule has 0 saturated heterocycles. The van der Waals surface area contributed by atoms with Crippen LogP contribution in [0.4, 0.5) is 5.13 Å². The van der Waals surface area contributed by atoms with Crippen LogP contribution in [0.5, 0.6) is 11.5 Å². The van der Waals surface area contributed by atoms with Crippen LogP contribution in [0.25, 0.3) is 0 Å². The second kappa shape index (κ2) is 8.45. The molecule has 3 heterocycles. The topological polar surface area (TPSA) is 63.7 Å². The van der Waals surface area contributed by atoms with Crippen molar-refractivity contribution in [1.82, 2.24) is 9.88 Å². The van der Waals surface area contributed by atoms with Crippen molar-refractivity contribution >= 4 is 22.4 Å². The van der Waals surface area contributed by atoms with E-state index in [2.05, 4.69) is 39.5 Å². The maximum atomic E-state index is 12.5. The summed E-state index contributed by atoms with van der Waals surface area (Å²) in [6.45, 7) is 3.89. The number of fused-ring (bicyclic) bond motifs is 2. The Kier molecular flexibility index (Phi) is 5.38. The normalized spacial score (nSPS) is 15.5. The van der Waals surface area contributed by atoms with Gasteiger partial charge in [0.15, 0.2) is 16.6 Å². The summed E-state index contributed by atoms with van der Waals surface area (Å²) >= 11 is 1.58. The molecule has 0 aliphatic carbocycles. The number of benzene rings is 2. The van der Waals surface area contributed by atoms with E-state index in [4.69, 9.17) is 9.47 Å². The number of nitrogens with one attached hydrogen (secondary N) is 1. The zero-order valence-corrected chi connectivity index (χ0v) is 17.4. The molecule has 0 bridgehead atoms. The van der Waals surface area contributed by atoms with Crippen molar-refractivity contribution < 1.29 is 14.3 Å². The molecule has 2 aliphatic heterocycles. The third-order valence-corrected chi connectivity index (χ3v) is 6.27. The summed E-state index contributed by atoms with van der Waals surface area (Å²) in [5.41, 5.74) is 3.32. The average Bonchev–Trinajstić information content (AvgIpc) is 3.15. The molecule has 2 aliphatic rings. The Morgan fingerprint density at radius 3 is 2.77 bits per heavy atom. The summed E-state index contributed by atoms with van der Waals surface area (Å²) in [7, 11) is 0. The lowest BCUT2D eigenvalue weighted by atomic mass is 10.1. The summed E-state index contributed by atoms with van der Waals surface area (Å²) in [5.74, 6) is 1.37. The number of nitrogens with zero attached hydrogens (tertiary/aromatic N) is 2. The molecule has 5 rings (SSSR count). The molecular weight excluding hydrogens is 398 g/mol. The number of amides is 1. The van der Waals surface area contributed by atoms with Crippen molar-refractivity contribution in [3.8, 4) is 11.5 Å². The quantitative estimate of drug-likeness (QED) is 0.681. The smallest absolute Gasteiger partial charge is 0.230 e. The minimum atomic E-state index is -0.0704. The van der Waals surface area contributed by atoms with Gasteiger partial charge in [-0.15, -0.1) is 11.3 Å². The van der Waals surface area contributed by atoms with Gasteiger partial charge in [-0.3, -0.25) is 9.69 Å². The first-order chi connectivity index (χ1) is 14.7. The van der Waals surface area contributed by atoms with Gasteiger partial charge >= 0.3 is 0 Å². The Bertz CT molecular complexity index is 1050. The number of carbonyl (C=O) groups is 1. The Morgan fingerprint density at radius 1 is 1.07 bits per heavy atom. The van der Waals surface area contributed by atoms with Crippen LogP contribution in [-0.4, -0.2) is 35.5 Å². The highest BCUT2D eigenvalue weighted by molar-refractivity contribution is 7.15. The molecule has 1 aromatic heterocycles. The average molecular weight is 422 g/mol. The first-order valence-electron chi connectivity index (χ1n) is 10.2. The predicted molar refractivity (Wildman–Crippen MR) is 116 cm³/mol. The number of ether oxygens (including phenoxy) is 2. The van der Waals surface area contributed by atoms with Crippen molar-refractivity contribution in [3.63, 3.8) is 0 Å². The number of anilines is 1. The number of carbonyl (C=O) groups excluding carboxylic acids is 1. The Hall–Kier alpha value is -2.90. The lowest BCUT2D eigenvalue weighted by Gasteiger charge is -2.25. The van der Waals surface area contributed by atoms with Crippen LogP contribution in [0.3, 0.4) is 0 Å². The second-order valence-electron chi connectivity index (χ2n) is 7.54. The van der Waals surface area contributed by atoms with E-state index in [1.165, 1.54) is 10.4 Å². The van der Waals surface area contributed by atoms with E-state index in [1.54, 1.807) is 11.3 Å². The van der Waals surface area contributed by atoms with Gasteiger partial charge in [0, 0.05) is 30.9 Å². The summed E-state index contributed by atoms with van der Waals surface area (Å²) < 4.78 is 11.1. The van der Waals surface area contributed by atoms with Crippen LogP contribution in [0.1, 0.15) is 21.7 Å². The van der Waals surface area contributed by atoms with Crippen molar-refractivity contribution in [2.24, 2.45) is 0 Å². The summed E-state index contributed by atoms with van der Waals surface area (Å²) in [6, 6.07) is 16.2. The van der Waals surface area contributed by atoms with Crippen molar-refractivity contribution in [1.29, 1.82) is 0 Å². The fourth-order valence-electron chi connectivity index (χ4n) is 3.82. The highest BCUT2D eigenvalue weighted by atomic mass is 32.1. The molecule has 0 fully saturated rings. The summed E-state index contributed by atoms with van der Waals surface area (Å²) in [5, 5.41) is 3.65. The standard InChI is InChI=1S/C23H23N3O3S/c27-22(13-17-6-7-19-20(12-17)29-11-10-28-19)25-23-24-18-8-9-26(15-21(18)30-23)14-16-4-2-1-3-5-16/h1-7,12H,8-11,13-15H2,(H,24,25,27). The number of hydrogen-bond donors (Lipinski definition) is 1.